The summed E-state index contributed by atoms with van der Waals surface area (Å²) in [5.41, 5.74) is 1.86. The van der Waals surface area contributed by atoms with Crippen LogP contribution in [0, 0.1) is 24.0 Å². The summed E-state index contributed by atoms with van der Waals surface area (Å²) in [6.07, 6.45) is 0. The minimum atomic E-state index is -4.06. The van der Waals surface area contributed by atoms with Crippen molar-refractivity contribution >= 4 is 38.7 Å². The number of nitrogens with one attached hydrogen (secondary N) is 1. The number of rotatable bonds is 4. The number of sulfonamides is 1. The summed E-state index contributed by atoms with van der Waals surface area (Å²) >= 11 is 6.21. The van der Waals surface area contributed by atoms with Gasteiger partial charge in [-0.1, -0.05) is 17.7 Å². The molecule has 0 heterocycles. The summed E-state index contributed by atoms with van der Waals surface area (Å²) in [6, 6.07) is 6.84. The van der Waals surface area contributed by atoms with Gasteiger partial charge in [-0.05, 0) is 37.1 Å². The largest absolute Gasteiger partial charge is 0.353 e. The molecule has 0 aromatic heterocycles. The molecule has 0 radical (unpaired) electrons. The van der Waals surface area contributed by atoms with Crippen molar-refractivity contribution in [3.8, 4) is 0 Å². The second kappa shape index (κ2) is 6.15. The lowest BCUT2D eigenvalue weighted by atomic mass is 10.1. The summed E-state index contributed by atoms with van der Waals surface area (Å²) in [4.78, 5) is 10.0. The molecule has 2 aromatic rings. The number of primary sulfonamides is 1. The Bertz CT molecular complexity index is 897. The first kappa shape index (κ1) is 17.2. The van der Waals surface area contributed by atoms with E-state index < -0.39 is 14.9 Å². The van der Waals surface area contributed by atoms with Crippen LogP contribution in [0.3, 0.4) is 0 Å². The van der Waals surface area contributed by atoms with Crippen molar-refractivity contribution in [1.29, 1.82) is 0 Å². The molecule has 0 saturated heterocycles. The molecule has 0 atom stereocenters. The van der Waals surface area contributed by atoms with E-state index in [2.05, 4.69) is 5.32 Å². The maximum atomic E-state index is 11.7. The van der Waals surface area contributed by atoms with E-state index in [0.717, 1.165) is 29.3 Å². The number of hydrogen-bond acceptors (Lipinski definition) is 5. The topological polar surface area (TPSA) is 115 Å². The molecule has 0 saturated carbocycles. The molecule has 2 rings (SSSR count). The molecule has 0 unspecified atom stereocenters. The van der Waals surface area contributed by atoms with E-state index in [4.69, 9.17) is 16.7 Å². The molecule has 9 heteroatoms. The fourth-order valence-corrected chi connectivity index (χ4v) is 2.99. The molecule has 0 aliphatic rings. The predicted molar refractivity (Wildman–Crippen MR) is 88.7 cm³/mol. The lowest BCUT2D eigenvalue weighted by molar-refractivity contribution is -0.384. The number of non-ortho nitro benzene ring substituents is 1. The molecule has 3 N–H and O–H groups in total. The van der Waals surface area contributed by atoms with Crippen LogP contribution in [0.5, 0.6) is 0 Å². The van der Waals surface area contributed by atoms with Gasteiger partial charge >= 0.3 is 0 Å². The Balaban J connectivity index is 2.62. The second-order valence-corrected chi connectivity index (χ2v) is 6.96. The summed E-state index contributed by atoms with van der Waals surface area (Å²) in [6.45, 7) is 3.65. The molecule has 2 aromatic carbocycles. The number of nitrogens with two attached hydrogens (primary N) is 1. The number of hydrogen-bond donors (Lipinski definition) is 2. The summed E-state index contributed by atoms with van der Waals surface area (Å²) in [5, 5.41) is 19.3. The van der Waals surface area contributed by atoms with Crippen LogP contribution in [0.15, 0.2) is 35.2 Å². The van der Waals surface area contributed by atoms with E-state index in [1.807, 2.05) is 13.0 Å². The van der Waals surface area contributed by atoms with Crippen molar-refractivity contribution in [2.45, 2.75) is 18.7 Å². The van der Waals surface area contributed by atoms with Gasteiger partial charge in [-0.2, -0.15) is 0 Å². The fraction of sp³-hybridized carbons (Fsp3) is 0.143. The van der Waals surface area contributed by atoms with Gasteiger partial charge in [-0.25, -0.2) is 13.6 Å². The average molecular weight is 356 g/mol. The zero-order valence-electron chi connectivity index (χ0n) is 12.3. The van der Waals surface area contributed by atoms with Gasteiger partial charge in [0.05, 0.1) is 21.3 Å². The minimum absolute atomic E-state index is 0.00593. The summed E-state index contributed by atoms with van der Waals surface area (Å²) in [5.74, 6) is 0. The Morgan fingerprint density at radius 2 is 1.83 bits per heavy atom. The molecule has 0 bridgehead atoms. The van der Waals surface area contributed by atoms with Crippen molar-refractivity contribution < 1.29 is 13.3 Å². The van der Waals surface area contributed by atoms with Crippen molar-refractivity contribution in [3.63, 3.8) is 0 Å². The van der Waals surface area contributed by atoms with Crippen molar-refractivity contribution in [2.75, 3.05) is 5.32 Å². The van der Waals surface area contributed by atoms with Crippen LogP contribution in [-0.2, 0) is 10.0 Å². The average Bonchev–Trinajstić information content (AvgIpc) is 2.42. The third kappa shape index (κ3) is 3.79. The summed E-state index contributed by atoms with van der Waals surface area (Å²) in [7, 11) is -4.06. The number of anilines is 2. The van der Waals surface area contributed by atoms with Gasteiger partial charge in [0.15, 0.2) is 0 Å². The maximum Gasteiger partial charge on any atom is 0.271 e. The van der Waals surface area contributed by atoms with Crippen LogP contribution < -0.4 is 10.5 Å². The van der Waals surface area contributed by atoms with Gasteiger partial charge < -0.3 is 5.32 Å². The van der Waals surface area contributed by atoms with Gasteiger partial charge in [0.1, 0.15) is 4.90 Å². The van der Waals surface area contributed by atoms with Crippen LogP contribution in [-0.4, -0.2) is 13.3 Å². The third-order valence-electron chi connectivity index (χ3n) is 3.15. The molecular weight excluding hydrogens is 342 g/mol. The highest BCUT2D eigenvalue weighted by Crippen LogP contribution is 2.33. The molecule has 0 aliphatic carbocycles. The van der Waals surface area contributed by atoms with E-state index in [1.165, 1.54) is 0 Å². The van der Waals surface area contributed by atoms with Gasteiger partial charge in [-0.15, -0.1) is 0 Å². The summed E-state index contributed by atoms with van der Waals surface area (Å²) < 4.78 is 23.4. The lowest BCUT2D eigenvalue weighted by Gasteiger charge is -2.14. The Morgan fingerprint density at radius 1 is 1.17 bits per heavy atom. The molecule has 0 amide bonds. The number of nitro groups is 1. The smallest absolute Gasteiger partial charge is 0.271 e. The minimum Gasteiger partial charge on any atom is -0.353 e. The first-order valence-corrected chi connectivity index (χ1v) is 8.37. The number of halogens is 1. The second-order valence-electron chi connectivity index (χ2n) is 5.05. The van der Waals surface area contributed by atoms with Crippen molar-refractivity contribution in [3.05, 3.63) is 56.6 Å². The van der Waals surface area contributed by atoms with Crippen LogP contribution in [0.2, 0.25) is 5.02 Å². The molecule has 0 spiro atoms. The molecule has 122 valence electrons. The standard InChI is InChI=1S/C14H14ClN3O4S/c1-8-5-9(2)14(15)12(6-8)17-11-7-10(18(19)20)3-4-13(11)23(16,21)22/h3-7,17H,1-2H3,(H2,16,21,22). The van der Waals surface area contributed by atoms with Crippen LogP contribution in [0.25, 0.3) is 0 Å². The van der Waals surface area contributed by atoms with Gasteiger partial charge in [0.25, 0.3) is 5.69 Å². The Kier molecular flexibility index (Phi) is 4.60. The molecule has 0 fully saturated rings. The molecular formula is C14H14ClN3O4S. The molecule has 0 aliphatic heterocycles. The number of aryl methyl sites for hydroxylation is 2. The van der Waals surface area contributed by atoms with E-state index in [0.29, 0.717) is 10.7 Å². The maximum absolute atomic E-state index is 11.7. The van der Waals surface area contributed by atoms with Crippen LogP contribution >= 0.6 is 11.6 Å². The first-order chi connectivity index (χ1) is 10.6. The monoisotopic (exact) mass is 355 g/mol. The normalized spacial score (nSPS) is 11.3. The number of benzene rings is 2. The first-order valence-electron chi connectivity index (χ1n) is 6.44. The molecule has 7 nitrogen and oxygen atoms in total. The van der Waals surface area contributed by atoms with E-state index in [-0.39, 0.29) is 16.3 Å². The van der Waals surface area contributed by atoms with E-state index >= 15 is 0 Å². The SMILES string of the molecule is Cc1cc(C)c(Cl)c(Nc2cc([N+](=O)[O-])ccc2S(N)(=O)=O)c1. The number of nitro benzene ring substituents is 1. The Hall–Kier alpha value is -2.16. The van der Waals surface area contributed by atoms with Gasteiger partial charge in [0, 0.05) is 12.1 Å². The lowest BCUT2D eigenvalue weighted by Crippen LogP contribution is -2.14. The zero-order valence-corrected chi connectivity index (χ0v) is 13.9. The third-order valence-corrected chi connectivity index (χ3v) is 4.62. The van der Waals surface area contributed by atoms with E-state index in [9.17, 15) is 18.5 Å². The van der Waals surface area contributed by atoms with Gasteiger partial charge in [0.2, 0.25) is 10.0 Å². The predicted octanol–water partition coefficient (Wildman–Crippen LogP) is 3.26. The Morgan fingerprint density at radius 3 is 2.39 bits per heavy atom. The van der Waals surface area contributed by atoms with Crippen molar-refractivity contribution in [1.82, 2.24) is 0 Å². The number of nitrogens with zero attached hydrogens (tertiary/aromatic N) is 1. The van der Waals surface area contributed by atoms with Crippen molar-refractivity contribution in [2.24, 2.45) is 5.14 Å². The van der Waals surface area contributed by atoms with Gasteiger partial charge in [-0.3, -0.25) is 10.1 Å². The Labute approximate surface area is 138 Å². The quantitative estimate of drug-likeness (QED) is 0.645. The van der Waals surface area contributed by atoms with E-state index in [1.54, 1.807) is 13.0 Å². The molecule has 23 heavy (non-hydrogen) atoms. The highest BCUT2D eigenvalue weighted by Gasteiger charge is 2.19. The fourth-order valence-electron chi connectivity index (χ4n) is 2.16. The zero-order chi connectivity index (χ0) is 17.4. The highest BCUT2D eigenvalue weighted by atomic mass is 35.5. The van der Waals surface area contributed by atoms with Crippen LogP contribution in [0.4, 0.5) is 17.1 Å². The highest BCUT2D eigenvalue weighted by molar-refractivity contribution is 7.89. The van der Waals surface area contributed by atoms with Crippen LogP contribution in [0.1, 0.15) is 11.1 Å².